The zero-order valence-corrected chi connectivity index (χ0v) is 13.5. The monoisotopic (exact) mass is 404 g/mol. The van der Waals surface area contributed by atoms with Gasteiger partial charge in [0, 0.05) is 8.95 Å². The summed E-state index contributed by atoms with van der Waals surface area (Å²) >= 11 is 6.53. The van der Waals surface area contributed by atoms with Gasteiger partial charge in [0.15, 0.2) is 0 Å². The molecule has 0 aliphatic rings. The number of nitrogens with two attached hydrogens (primary N) is 1. The maximum atomic E-state index is 13.8. The molecule has 2 nitrogen and oxygen atoms in total. The number of hydrogen-bond donors (Lipinski definition) is 2. The van der Waals surface area contributed by atoms with Gasteiger partial charge in [-0.15, -0.1) is 0 Å². The van der Waals surface area contributed by atoms with Gasteiger partial charge < -0.3 is 0 Å². The fraction of sp³-hybridized carbons (Fsp3) is 0.143. The average molecular weight is 406 g/mol. The van der Waals surface area contributed by atoms with Gasteiger partial charge in [0.05, 0.1) is 6.04 Å². The third-order valence-electron chi connectivity index (χ3n) is 2.92. The summed E-state index contributed by atoms with van der Waals surface area (Å²) in [6, 6.07) is 8.81. The van der Waals surface area contributed by atoms with Gasteiger partial charge in [0.25, 0.3) is 0 Å². The summed E-state index contributed by atoms with van der Waals surface area (Å²) in [4.78, 5) is 0. The molecule has 1 unspecified atom stereocenters. The van der Waals surface area contributed by atoms with E-state index in [0.29, 0.717) is 22.0 Å². The Morgan fingerprint density at radius 3 is 2.45 bits per heavy atom. The summed E-state index contributed by atoms with van der Waals surface area (Å²) in [5.74, 6) is 4.83. The molecule has 2 aromatic rings. The first-order valence-corrected chi connectivity index (χ1v) is 7.44. The molecule has 0 bridgehead atoms. The molecule has 20 heavy (non-hydrogen) atoms. The highest BCUT2D eigenvalue weighted by Crippen LogP contribution is 2.25. The average Bonchev–Trinajstić information content (AvgIpc) is 2.38. The molecule has 0 fully saturated rings. The number of hydrazine groups is 1. The van der Waals surface area contributed by atoms with E-state index in [4.69, 9.17) is 5.84 Å². The van der Waals surface area contributed by atoms with E-state index in [1.807, 2.05) is 0 Å². The second-order valence-corrected chi connectivity index (χ2v) is 6.19. The minimum Gasteiger partial charge on any atom is -0.271 e. The Labute approximate surface area is 132 Å². The van der Waals surface area contributed by atoms with Crippen molar-refractivity contribution in [2.45, 2.75) is 12.5 Å². The van der Waals surface area contributed by atoms with Crippen molar-refractivity contribution in [3.63, 3.8) is 0 Å². The summed E-state index contributed by atoms with van der Waals surface area (Å²) in [7, 11) is 0. The van der Waals surface area contributed by atoms with Crippen LogP contribution in [0.4, 0.5) is 8.78 Å². The topological polar surface area (TPSA) is 38.0 Å². The summed E-state index contributed by atoms with van der Waals surface area (Å²) in [5.41, 5.74) is 3.75. The van der Waals surface area contributed by atoms with Crippen LogP contribution in [0, 0.1) is 11.6 Å². The van der Waals surface area contributed by atoms with Crippen LogP contribution in [0.2, 0.25) is 0 Å². The molecule has 0 amide bonds. The summed E-state index contributed by atoms with van der Waals surface area (Å²) in [6.07, 6.45) is 0.317. The quantitative estimate of drug-likeness (QED) is 0.589. The molecule has 0 aliphatic heterocycles. The number of nitrogens with one attached hydrogen (secondary N) is 1. The lowest BCUT2D eigenvalue weighted by atomic mass is 9.99. The first kappa shape index (κ1) is 15.6. The van der Waals surface area contributed by atoms with E-state index in [2.05, 4.69) is 37.3 Å². The van der Waals surface area contributed by atoms with E-state index in [1.165, 1.54) is 18.2 Å². The Morgan fingerprint density at radius 2 is 1.80 bits per heavy atom. The summed E-state index contributed by atoms with van der Waals surface area (Å²) in [6.45, 7) is 0. The Hall–Kier alpha value is -0.820. The van der Waals surface area contributed by atoms with E-state index in [-0.39, 0.29) is 17.7 Å². The smallest absolute Gasteiger partial charge is 0.126 e. The second-order valence-electron chi connectivity index (χ2n) is 4.36. The minimum atomic E-state index is -0.384. The third kappa shape index (κ3) is 3.85. The fourth-order valence-corrected chi connectivity index (χ4v) is 2.86. The van der Waals surface area contributed by atoms with Crippen LogP contribution in [-0.2, 0) is 6.42 Å². The number of hydrogen-bond acceptors (Lipinski definition) is 2. The van der Waals surface area contributed by atoms with Gasteiger partial charge in [0.2, 0.25) is 0 Å². The van der Waals surface area contributed by atoms with Gasteiger partial charge in [0.1, 0.15) is 11.6 Å². The lowest BCUT2D eigenvalue weighted by Gasteiger charge is -2.17. The molecular weight excluding hydrogens is 394 g/mol. The summed E-state index contributed by atoms with van der Waals surface area (Å²) < 4.78 is 28.6. The van der Waals surface area contributed by atoms with Crippen LogP contribution in [0.1, 0.15) is 17.2 Å². The van der Waals surface area contributed by atoms with E-state index in [1.54, 1.807) is 18.2 Å². The molecule has 0 saturated heterocycles. The molecule has 2 rings (SSSR count). The van der Waals surface area contributed by atoms with Gasteiger partial charge in [-0.05, 0) is 53.9 Å². The summed E-state index contributed by atoms with van der Waals surface area (Å²) in [5, 5.41) is 0. The third-order valence-corrected chi connectivity index (χ3v) is 3.87. The van der Waals surface area contributed by atoms with E-state index < -0.39 is 0 Å². The highest BCUT2D eigenvalue weighted by Gasteiger charge is 2.15. The van der Waals surface area contributed by atoms with Crippen molar-refractivity contribution in [3.8, 4) is 0 Å². The molecule has 0 aliphatic carbocycles. The Bertz CT molecular complexity index is 600. The molecule has 0 spiro atoms. The highest BCUT2D eigenvalue weighted by molar-refractivity contribution is 9.10. The minimum absolute atomic E-state index is 0.316. The SMILES string of the molecule is NNC(Cc1cc(Br)ccc1F)c1cc(F)cc(Br)c1. The largest absolute Gasteiger partial charge is 0.271 e. The maximum Gasteiger partial charge on any atom is 0.126 e. The van der Waals surface area contributed by atoms with E-state index in [0.717, 1.165) is 4.47 Å². The van der Waals surface area contributed by atoms with Crippen molar-refractivity contribution in [2.24, 2.45) is 5.84 Å². The van der Waals surface area contributed by atoms with Crippen molar-refractivity contribution < 1.29 is 8.78 Å². The van der Waals surface area contributed by atoms with Gasteiger partial charge >= 0.3 is 0 Å². The Morgan fingerprint density at radius 1 is 1.05 bits per heavy atom. The Kier molecular flexibility index (Phi) is 5.26. The van der Waals surface area contributed by atoms with E-state index >= 15 is 0 Å². The normalized spacial score (nSPS) is 12.4. The van der Waals surface area contributed by atoms with Crippen LogP contribution in [0.3, 0.4) is 0 Å². The Balaban J connectivity index is 2.30. The van der Waals surface area contributed by atoms with Crippen LogP contribution < -0.4 is 11.3 Å². The van der Waals surface area contributed by atoms with Crippen molar-refractivity contribution in [2.75, 3.05) is 0 Å². The van der Waals surface area contributed by atoms with Crippen LogP contribution >= 0.6 is 31.9 Å². The first-order valence-electron chi connectivity index (χ1n) is 5.85. The van der Waals surface area contributed by atoms with Gasteiger partial charge in [-0.3, -0.25) is 11.3 Å². The predicted octanol–water partition coefficient (Wildman–Crippen LogP) is 4.24. The molecular formula is C14H12Br2F2N2. The molecule has 0 heterocycles. The fourth-order valence-electron chi connectivity index (χ4n) is 1.97. The highest BCUT2D eigenvalue weighted by atomic mass is 79.9. The molecule has 0 radical (unpaired) electrons. The van der Waals surface area contributed by atoms with Crippen LogP contribution in [0.25, 0.3) is 0 Å². The number of benzene rings is 2. The van der Waals surface area contributed by atoms with Gasteiger partial charge in [-0.1, -0.05) is 31.9 Å². The van der Waals surface area contributed by atoms with Crippen molar-refractivity contribution in [1.82, 2.24) is 5.43 Å². The molecule has 3 N–H and O–H groups in total. The van der Waals surface area contributed by atoms with Crippen molar-refractivity contribution in [1.29, 1.82) is 0 Å². The zero-order valence-electron chi connectivity index (χ0n) is 10.3. The van der Waals surface area contributed by atoms with Crippen LogP contribution in [-0.4, -0.2) is 0 Å². The predicted molar refractivity (Wildman–Crippen MR) is 82.0 cm³/mol. The van der Waals surface area contributed by atoms with E-state index in [9.17, 15) is 8.78 Å². The van der Waals surface area contributed by atoms with Gasteiger partial charge in [-0.25, -0.2) is 8.78 Å². The van der Waals surface area contributed by atoms with Crippen LogP contribution in [0.5, 0.6) is 0 Å². The molecule has 6 heteroatoms. The molecule has 106 valence electrons. The lowest BCUT2D eigenvalue weighted by Crippen LogP contribution is -2.30. The molecule has 2 aromatic carbocycles. The number of rotatable bonds is 4. The lowest BCUT2D eigenvalue weighted by molar-refractivity contribution is 0.524. The van der Waals surface area contributed by atoms with Crippen molar-refractivity contribution >= 4 is 31.9 Å². The standard InChI is InChI=1S/C14H12Br2F2N2/c15-10-1-2-13(18)8(3-10)6-14(20-19)9-4-11(16)7-12(17)5-9/h1-5,7,14,20H,6,19H2. The van der Waals surface area contributed by atoms with Crippen molar-refractivity contribution in [3.05, 3.63) is 68.1 Å². The maximum absolute atomic E-state index is 13.8. The first-order chi connectivity index (χ1) is 9.49. The number of halogens is 4. The second kappa shape index (κ2) is 6.76. The van der Waals surface area contributed by atoms with Crippen LogP contribution in [0.15, 0.2) is 45.3 Å². The molecule has 0 aromatic heterocycles. The molecule has 1 atom stereocenters. The zero-order chi connectivity index (χ0) is 14.7. The van der Waals surface area contributed by atoms with Gasteiger partial charge in [-0.2, -0.15) is 0 Å². The molecule has 0 saturated carbocycles.